The van der Waals surface area contributed by atoms with Crippen molar-refractivity contribution in [2.45, 2.75) is 33.3 Å². The average Bonchev–Trinajstić information content (AvgIpc) is 2.89. The van der Waals surface area contributed by atoms with Crippen molar-refractivity contribution in [3.63, 3.8) is 0 Å². The van der Waals surface area contributed by atoms with Crippen LogP contribution >= 0.6 is 0 Å². The minimum absolute atomic E-state index is 0.0371. The summed E-state index contributed by atoms with van der Waals surface area (Å²) >= 11 is 0. The predicted molar refractivity (Wildman–Crippen MR) is 102 cm³/mol. The molecule has 2 aliphatic heterocycles. The van der Waals surface area contributed by atoms with Crippen LogP contribution in [0.25, 0.3) is 0 Å². The van der Waals surface area contributed by atoms with E-state index in [1.54, 1.807) is 19.1 Å². The summed E-state index contributed by atoms with van der Waals surface area (Å²) in [5, 5.41) is 19.7. The largest absolute Gasteiger partial charge is 0.508 e. The van der Waals surface area contributed by atoms with E-state index in [2.05, 4.69) is 0 Å². The van der Waals surface area contributed by atoms with Crippen LogP contribution in [-0.2, 0) is 15.1 Å². The molecule has 140 valence electrons. The summed E-state index contributed by atoms with van der Waals surface area (Å²) in [5.41, 5.74) is 1.31. The van der Waals surface area contributed by atoms with Gasteiger partial charge in [-0.25, -0.2) is 4.79 Å². The summed E-state index contributed by atoms with van der Waals surface area (Å²) in [6.07, 6.45) is 3.69. The van der Waals surface area contributed by atoms with Crippen molar-refractivity contribution in [1.82, 2.24) is 0 Å². The van der Waals surface area contributed by atoms with Gasteiger partial charge in [-0.1, -0.05) is 26.0 Å². The van der Waals surface area contributed by atoms with Gasteiger partial charge in [0.15, 0.2) is 5.60 Å². The van der Waals surface area contributed by atoms with Crippen LogP contribution in [0.2, 0.25) is 0 Å². The van der Waals surface area contributed by atoms with Crippen LogP contribution in [0.1, 0.15) is 38.8 Å². The van der Waals surface area contributed by atoms with Gasteiger partial charge in [-0.15, -0.1) is 0 Å². The highest BCUT2D eigenvalue weighted by atomic mass is 16.6. The standard InChI is InChI=1S/C20H16O5.C2H6/c1-3-4-14-11(2)19(23)25-20(14)15-7-5-12(21)9-17(15)24-18-10-13(22)6-8-16(18)20;1-2/h3-10,21-22H,1-2H3;1-2H3/b4-3-;. The highest BCUT2D eigenvalue weighted by Crippen LogP contribution is 2.57. The number of ether oxygens (including phenoxy) is 2. The quantitative estimate of drug-likeness (QED) is 0.701. The lowest BCUT2D eigenvalue weighted by Crippen LogP contribution is -2.33. The molecule has 0 bridgehead atoms. The first-order valence-corrected chi connectivity index (χ1v) is 8.89. The molecule has 27 heavy (non-hydrogen) atoms. The van der Waals surface area contributed by atoms with Gasteiger partial charge in [-0.05, 0) is 38.1 Å². The van der Waals surface area contributed by atoms with E-state index in [1.165, 1.54) is 24.3 Å². The Morgan fingerprint density at radius 1 is 0.963 bits per heavy atom. The Bertz CT molecular complexity index is 917. The molecule has 0 radical (unpaired) electrons. The number of allylic oxidation sites excluding steroid dienone is 1. The lowest BCUT2D eigenvalue weighted by molar-refractivity contribution is -0.145. The Hall–Kier alpha value is -3.21. The number of fused-ring (bicyclic) bond motifs is 4. The van der Waals surface area contributed by atoms with Gasteiger partial charge in [0.2, 0.25) is 0 Å². The second kappa shape index (κ2) is 6.83. The second-order valence-electron chi connectivity index (χ2n) is 6.07. The smallest absolute Gasteiger partial charge is 0.335 e. The van der Waals surface area contributed by atoms with Gasteiger partial charge >= 0.3 is 5.97 Å². The van der Waals surface area contributed by atoms with Crippen molar-refractivity contribution < 1.29 is 24.5 Å². The van der Waals surface area contributed by atoms with Crippen LogP contribution in [0.3, 0.4) is 0 Å². The number of aromatic hydroxyl groups is 2. The third-order valence-electron chi connectivity index (χ3n) is 4.58. The van der Waals surface area contributed by atoms with E-state index in [0.717, 1.165) is 0 Å². The SMILES string of the molecule is C/C=C\C1=C(C)C(=O)OC12c1ccc(O)cc1Oc1cc(O)ccc12.CC. The molecule has 0 saturated heterocycles. The molecule has 2 aromatic rings. The Morgan fingerprint density at radius 2 is 1.48 bits per heavy atom. The summed E-state index contributed by atoms with van der Waals surface area (Å²) in [6.45, 7) is 7.59. The Balaban J connectivity index is 0.00000102. The van der Waals surface area contributed by atoms with Gasteiger partial charge in [0, 0.05) is 34.4 Å². The lowest BCUT2D eigenvalue weighted by Gasteiger charge is -2.37. The fourth-order valence-corrected chi connectivity index (χ4v) is 3.49. The van der Waals surface area contributed by atoms with E-state index in [-0.39, 0.29) is 11.5 Å². The van der Waals surface area contributed by atoms with Crippen LogP contribution in [0.4, 0.5) is 0 Å². The average molecular weight is 366 g/mol. The third kappa shape index (κ3) is 2.67. The fraction of sp³-hybridized carbons (Fsp3) is 0.227. The highest BCUT2D eigenvalue weighted by Gasteiger charge is 2.53. The lowest BCUT2D eigenvalue weighted by atomic mass is 9.77. The van der Waals surface area contributed by atoms with Crippen LogP contribution in [0.5, 0.6) is 23.0 Å². The van der Waals surface area contributed by atoms with Gasteiger partial charge < -0.3 is 19.7 Å². The van der Waals surface area contributed by atoms with E-state index in [9.17, 15) is 15.0 Å². The third-order valence-corrected chi connectivity index (χ3v) is 4.58. The number of rotatable bonds is 1. The zero-order valence-electron chi connectivity index (χ0n) is 15.7. The summed E-state index contributed by atoms with van der Waals surface area (Å²) < 4.78 is 11.8. The molecule has 0 saturated carbocycles. The van der Waals surface area contributed by atoms with Crippen molar-refractivity contribution in [1.29, 1.82) is 0 Å². The van der Waals surface area contributed by atoms with Gasteiger partial charge in [0.25, 0.3) is 0 Å². The van der Waals surface area contributed by atoms with E-state index in [1.807, 2.05) is 32.9 Å². The summed E-state index contributed by atoms with van der Waals surface area (Å²) in [6, 6.07) is 9.39. The molecule has 2 aromatic carbocycles. The molecule has 2 heterocycles. The first-order valence-electron chi connectivity index (χ1n) is 8.89. The molecule has 0 aromatic heterocycles. The molecule has 5 nitrogen and oxygen atoms in total. The maximum Gasteiger partial charge on any atom is 0.335 e. The van der Waals surface area contributed by atoms with Crippen molar-refractivity contribution in [2.24, 2.45) is 0 Å². The number of carbonyl (C=O) groups excluding carboxylic acids is 1. The number of esters is 1. The van der Waals surface area contributed by atoms with E-state index in [0.29, 0.717) is 33.8 Å². The Morgan fingerprint density at radius 3 is 1.96 bits per heavy atom. The van der Waals surface area contributed by atoms with Crippen molar-refractivity contribution >= 4 is 5.97 Å². The monoisotopic (exact) mass is 366 g/mol. The predicted octanol–water partition coefficient (Wildman–Crippen LogP) is 4.92. The van der Waals surface area contributed by atoms with E-state index >= 15 is 0 Å². The normalized spacial score (nSPS) is 16.4. The van der Waals surface area contributed by atoms with E-state index in [4.69, 9.17) is 9.47 Å². The molecule has 4 rings (SSSR count). The molecule has 1 spiro atoms. The van der Waals surface area contributed by atoms with Gasteiger partial charge in [-0.3, -0.25) is 0 Å². The number of hydrogen-bond donors (Lipinski definition) is 2. The number of benzene rings is 2. The molecule has 0 unspecified atom stereocenters. The van der Waals surface area contributed by atoms with Gasteiger partial charge in [0.1, 0.15) is 23.0 Å². The zero-order chi connectivity index (χ0) is 19.8. The number of phenols is 2. The van der Waals surface area contributed by atoms with Crippen molar-refractivity contribution in [3.05, 3.63) is 70.8 Å². The number of phenolic OH excluding ortho intramolecular Hbond substituents is 2. The number of hydrogen-bond acceptors (Lipinski definition) is 5. The van der Waals surface area contributed by atoms with Gasteiger partial charge in [0.05, 0.1) is 0 Å². The minimum atomic E-state index is -1.17. The molecule has 0 amide bonds. The molecule has 0 atom stereocenters. The van der Waals surface area contributed by atoms with Crippen molar-refractivity contribution in [2.75, 3.05) is 0 Å². The summed E-state index contributed by atoms with van der Waals surface area (Å²) in [7, 11) is 0. The molecular formula is C22H22O5. The Kier molecular flexibility index (Phi) is 4.70. The molecular weight excluding hydrogens is 344 g/mol. The maximum absolute atomic E-state index is 12.4. The summed E-state index contributed by atoms with van der Waals surface area (Å²) in [4.78, 5) is 12.4. The number of carbonyl (C=O) groups is 1. The molecule has 5 heteroatoms. The highest BCUT2D eigenvalue weighted by molar-refractivity contribution is 5.95. The van der Waals surface area contributed by atoms with Crippen LogP contribution in [-0.4, -0.2) is 16.2 Å². The van der Waals surface area contributed by atoms with Crippen LogP contribution in [0, 0.1) is 0 Å². The minimum Gasteiger partial charge on any atom is -0.508 e. The molecule has 2 N–H and O–H groups in total. The molecule has 2 aliphatic rings. The van der Waals surface area contributed by atoms with E-state index < -0.39 is 11.6 Å². The second-order valence-corrected chi connectivity index (χ2v) is 6.07. The maximum atomic E-state index is 12.4. The fourth-order valence-electron chi connectivity index (χ4n) is 3.49. The molecule has 0 fully saturated rings. The first-order chi connectivity index (χ1) is 13.0. The molecule has 0 aliphatic carbocycles. The van der Waals surface area contributed by atoms with Gasteiger partial charge in [-0.2, -0.15) is 0 Å². The Labute approximate surface area is 158 Å². The summed E-state index contributed by atoms with van der Waals surface area (Å²) in [5.74, 6) is 0.420. The zero-order valence-corrected chi connectivity index (χ0v) is 15.7. The van der Waals surface area contributed by atoms with Crippen LogP contribution < -0.4 is 4.74 Å². The first kappa shape index (κ1) is 18.6. The van der Waals surface area contributed by atoms with Crippen LogP contribution in [0.15, 0.2) is 59.7 Å². The van der Waals surface area contributed by atoms with Crippen molar-refractivity contribution in [3.8, 4) is 23.0 Å². The topological polar surface area (TPSA) is 76.0 Å².